The SMILES string of the molecule is COc1ccccc1OCC1(C(C)=S)SCCN1C(=O)C1CC1. The Balaban J connectivity index is 1.80. The van der Waals surface area contributed by atoms with Crippen LogP contribution in [0.25, 0.3) is 0 Å². The van der Waals surface area contributed by atoms with Crippen molar-refractivity contribution in [3.63, 3.8) is 0 Å². The third-order valence-electron chi connectivity index (χ3n) is 4.33. The summed E-state index contributed by atoms with van der Waals surface area (Å²) >= 11 is 7.23. The van der Waals surface area contributed by atoms with Crippen LogP contribution in [-0.2, 0) is 4.79 Å². The first-order chi connectivity index (χ1) is 11.1. The number of carbonyl (C=O) groups is 1. The average molecular weight is 351 g/mol. The molecule has 0 N–H and O–H groups in total. The van der Waals surface area contributed by atoms with Crippen molar-refractivity contribution in [3.05, 3.63) is 24.3 Å². The lowest BCUT2D eigenvalue weighted by atomic mass is 10.1. The summed E-state index contributed by atoms with van der Waals surface area (Å²) in [4.78, 5) is 14.8. The highest BCUT2D eigenvalue weighted by molar-refractivity contribution is 8.02. The van der Waals surface area contributed by atoms with Crippen LogP contribution >= 0.6 is 24.0 Å². The maximum atomic E-state index is 12.6. The number of thioether (sulfide) groups is 1. The van der Waals surface area contributed by atoms with Gasteiger partial charge in [0, 0.05) is 23.1 Å². The van der Waals surface area contributed by atoms with Gasteiger partial charge in [-0.3, -0.25) is 4.79 Å². The van der Waals surface area contributed by atoms with Crippen LogP contribution in [0, 0.1) is 5.92 Å². The Labute approximate surface area is 146 Å². The maximum absolute atomic E-state index is 12.6. The van der Waals surface area contributed by atoms with Crippen LogP contribution in [-0.4, -0.2) is 46.6 Å². The van der Waals surface area contributed by atoms with E-state index in [2.05, 4.69) is 0 Å². The first-order valence-electron chi connectivity index (χ1n) is 7.81. The summed E-state index contributed by atoms with van der Waals surface area (Å²) < 4.78 is 11.4. The number of carbonyl (C=O) groups excluding carboxylic acids is 1. The summed E-state index contributed by atoms with van der Waals surface area (Å²) in [5.41, 5.74) is 0. The minimum atomic E-state index is -0.546. The normalized spacial score (nSPS) is 23.7. The van der Waals surface area contributed by atoms with Crippen LogP contribution in [0.1, 0.15) is 19.8 Å². The Morgan fingerprint density at radius 1 is 1.39 bits per heavy atom. The van der Waals surface area contributed by atoms with E-state index < -0.39 is 4.87 Å². The van der Waals surface area contributed by atoms with Gasteiger partial charge in [-0.05, 0) is 31.9 Å². The topological polar surface area (TPSA) is 38.8 Å². The third kappa shape index (κ3) is 3.19. The molecule has 2 fully saturated rings. The molecular formula is C17H21NO3S2. The molecular weight excluding hydrogens is 330 g/mol. The number of nitrogens with zero attached hydrogens (tertiary/aromatic N) is 1. The zero-order valence-corrected chi connectivity index (χ0v) is 15.0. The predicted molar refractivity (Wildman–Crippen MR) is 96.4 cm³/mol. The largest absolute Gasteiger partial charge is 0.493 e. The summed E-state index contributed by atoms with van der Waals surface area (Å²) in [5, 5.41) is 0. The fourth-order valence-corrected chi connectivity index (χ4v) is 4.47. The van der Waals surface area contributed by atoms with E-state index in [4.69, 9.17) is 21.7 Å². The molecule has 0 bridgehead atoms. The molecule has 23 heavy (non-hydrogen) atoms. The second kappa shape index (κ2) is 6.69. The van der Waals surface area contributed by atoms with Crippen LogP contribution in [0.2, 0.25) is 0 Å². The number of benzene rings is 1. The highest BCUT2D eigenvalue weighted by Gasteiger charge is 2.50. The van der Waals surface area contributed by atoms with Crippen LogP contribution in [0.3, 0.4) is 0 Å². The van der Waals surface area contributed by atoms with E-state index in [0.717, 1.165) is 30.0 Å². The lowest BCUT2D eigenvalue weighted by Crippen LogP contribution is -2.54. The van der Waals surface area contributed by atoms with Gasteiger partial charge in [0.15, 0.2) is 16.4 Å². The lowest BCUT2D eigenvalue weighted by Gasteiger charge is -2.37. The molecule has 1 aromatic carbocycles. The van der Waals surface area contributed by atoms with Gasteiger partial charge in [0.25, 0.3) is 0 Å². The highest BCUT2D eigenvalue weighted by Crippen LogP contribution is 2.42. The third-order valence-corrected chi connectivity index (χ3v) is 6.30. The molecule has 0 spiro atoms. The van der Waals surface area contributed by atoms with Crippen molar-refractivity contribution in [2.24, 2.45) is 5.92 Å². The predicted octanol–water partition coefficient (Wildman–Crippen LogP) is 3.15. The first-order valence-corrected chi connectivity index (χ1v) is 9.20. The Morgan fingerprint density at radius 2 is 2.09 bits per heavy atom. The summed E-state index contributed by atoms with van der Waals surface area (Å²) in [6.07, 6.45) is 2.00. The quantitative estimate of drug-likeness (QED) is 0.736. The fourth-order valence-electron chi connectivity index (χ4n) is 2.83. The molecule has 124 valence electrons. The van der Waals surface area contributed by atoms with Gasteiger partial charge in [-0.25, -0.2) is 0 Å². The molecule has 1 atom stereocenters. The van der Waals surface area contributed by atoms with Gasteiger partial charge >= 0.3 is 0 Å². The van der Waals surface area contributed by atoms with Crippen molar-refractivity contribution in [2.45, 2.75) is 24.6 Å². The zero-order valence-electron chi connectivity index (χ0n) is 13.4. The molecule has 6 heteroatoms. The maximum Gasteiger partial charge on any atom is 0.227 e. The van der Waals surface area contributed by atoms with Gasteiger partial charge in [0.1, 0.15) is 6.61 Å². The molecule has 2 aliphatic rings. The standard InChI is InChI=1S/C17H21NO3S2/c1-12(22)17(11-21-15-6-4-3-5-14(15)20-2)18(9-10-23-17)16(19)13-7-8-13/h3-6,13H,7-11H2,1-2H3. The van der Waals surface area contributed by atoms with Crippen LogP contribution in [0.4, 0.5) is 0 Å². The smallest absolute Gasteiger partial charge is 0.227 e. The van der Waals surface area contributed by atoms with E-state index in [1.165, 1.54) is 0 Å². The molecule has 1 aliphatic carbocycles. The number of methoxy groups -OCH3 is 1. The molecule has 3 rings (SSSR count). The Morgan fingerprint density at radius 3 is 2.70 bits per heavy atom. The molecule has 1 amide bonds. The van der Waals surface area contributed by atoms with E-state index in [1.54, 1.807) is 18.9 Å². The highest BCUT2D eigenvalue weighted by atomic mass is 32.2. The molecule has 1 unspecified atom stereocenters. The van der Waals surface area contributed by atoms with E-state index in [-0.39, 0.29) is 11.8 Å². The second-order valence-corrected chi connectivity index (χ2v) is 7.88. The van der Waals surface area contributed by atoms with Crippen molar-refractivity contribution in [1.82, 2.24) is 4.90 Å². The molecule has 1 aromatic rings. The van der Waals surface area contributed by atoms with Gasteiger partial charge in [-0.1, -0.05) is 24.4 Å². The average Bonchev–Trinajstić information content (AvgIpc) is 3.32. The second-order valence-electron chi connectivity index (χ2n) is 5.89. The summed E-state index contributed by atoms with van der Waals surface area (Å²) in [6, 6.07) is 7.54. The molecule has 4 nitrogen and oxygen atoms in total. The molecule has 0 aromatic heterocycles. The van der Waals surface area contributed by atoms with Gasteiger partial charge in [0.2, 0.25) is 5.91 Å². The fraction of sp³-hybridized carbons (Fsp3) is 0.529. The van der Waals surface area contributed by atoms with E-state index >= 15 is 0 Å². The summed E-state index contributed by atoms with van der Waals surface area (Å²) in [6.45, 7) is 3.00. The Kier molecular flexibility index (Phi) is 4.82. The number of amides is 1. The van der Waals surface area contributed by atoms with Crippen LogP contribution < -0.4 is 9.47 Å². The number of para-hydroxylation sites is 2. The molecule has 1 aliphatic heterocycles. The molecule has 1 saturated carbocycles. The van der Waals surface area contributed by atoms with Crippen molar-refractivity contribution < 1.29 is 14.3 Å². The van der Waals surface area contributed by atoms with Crippen molar-refractivity contribution in [1.29, 1.82) is 0 Å². The van der Waals surface area contributed by atoms with Crippen LogP contribution in [0.15, 0.2) is 24.3 Å². The van der Waals surface area contributed by atoms with Crippen molar-refractivity contribution in [2.75, 3.05) is 26.0 Å². The Hall–Kier alpha value is -1.27. The monoisotopic (exact) mass is 351 g/mol. The van der Waals surface area contributed by atoms with Gasteiger partial charge in [0.05, 0.1) is 7.11 Å². The van der Waals surface area contributed by atoms with E-state index in [0.29, 0.717) is 18.1 Å². The number of hydrogen-bond donors (Lipinski definition) is 0. The first kappa shape index (κ1) is 16.6. The van der Waals surface area contributed by atoms with E-state index in [9.17, 15) is 4.79 Å². The van der Waals surface area contributed by atoms with Crippen LogP contribution in [0.5, 0.6) is 11.5 Å². The van der Waals surface area contributed by atoms with Crippen molar-refractivity contribution >= 4 is 34.8 Å². The number of thiocarbonyl (C=S) groups is 1. The lowest BCUT2D eigenvalue weighted by molar-refractivity contribution is -0.134. The molecule has 0 radical (unpaired) electrons. The van der Waals surface area contributed by atoms with Gasteiger partial charge in [-0.2, -0.15) is 0 Å². The minimum absolute atomic E-state index is 0.189. The number of rotatable bonds is 6. The summed E-state index contributed by atoms with van der Waals surface area (Å²) in [5.74, 6) is 2.67. The number of hydrogen-bond acceptors (Lipinski definition) is 5. The minimum Gasteiger partial charge on any atom is -0.493 e. The number of ether oxygens (including phenoxy) is 2. The van der Waals surface area contributed by atoms with Crippen molar-refractivity contribution in [3.8, 4) is 11.5 Å². The van der Waals surface area contributed by atoms with Gasteiger partial charge < -0.3 is 14.4 Å². The zero-order chi connectivity index (χ0) is 16.4. The van der Waals surface area contributed by atoms with E-state index in [1.807, 2.05) is 36.1 Å². The molecule has 1 heterocycles. The Bertz CT molecular complexity index is 618. The summed E-state index contributed by atoms with van der Waals surface area (Å²) in [7, 11) is 1.62. The molecule has 1 saturated heterocycles. The van der Waals surface area contributed by atoms with Gasteiger partial charge in [-0.15, -0.1) is 11.8 Å².